The first-order valence-corrected chi connectivity index (χ1v) is 7.13. The van der Waals surface area contributed by atoms with Gasteiger partial charge in [-0.2, -0.15) is 0 Å². The summed E-state index contributed by atoms with van der Waals surface area (Å²) in [6.45, 7) is 4.39. The third kappa shape index (κ3) is 2.96. The second kappa shape index (κ2) is 5.45. The molecule has 0 spiro atoms. The second-order valence-electron chi connectivity index (χ2n) is 5.05. The fourth-order valence-electron chi connectivity index (χ4n) is 2.13. The fourth-order valence-corrected chi connectivity index (χ4v) is 2.96. The van der Waals surface area contributed by atoms with Gasteiger partial charge in [0.1, 0.15) is 0 Å². The van der Waals surface area contributed by atoms with Gasteiger partial charge in [0.25, 0.3) is 5.91 Å². The SMILES string of the molecule is CC(C)Cc1ccc(-c2csc(N)c2C(N)=O)cc1. The molecule has 4 heteroatoms. The molecule has 1 aromatic carbocycles. The Morgan fingerprint density at radius 2 is 1.89 bits per heavy atom. The fraction of sp³-hybridized carbons (Fsp3) is 0.267. The Hall–Kier alpha value is -1.81. The molecule has 3 nitrogen and oxygen atoms in total. The van der Waals surface area contributed by atoms with Crippen LogP contribution in [0.5, 0.6) is 0 Å². The molecule has 1 amide bonds. The molecule has 0 bridgehead atoms. The molecule has 100 valence electrons. The highest BCUT2D eigenvalue weighted by atomic mass is 32.1. The van der Waals surface area contributed by atoms with Crippen LogP contribution in [0.1, 0.15) is 29.8 Å². The lowest BCUT2D eigenvalue weighted by Crippen LogP contribution is -2.12. The third-order valence-corrected chi connectivity index (χ3v) is 3.79. The lowest BCUT2D eigenvalue weighted by atomic mass is 9.98. The molecule has 0 radical (unpaired) electrons. The molecule has 0 fully saturated rings. The Morgan fingerprint density at radius 1 is 1.26 bits per heavy atom. The van der Waals surface area contributed by atoms with E-state index in [2.05, 4.69) is 26.0 Å². The van der Waals surface area contributed by atoms with Crippen molar-refractivity contribution in [3.8, 4) is 11.1 Å². The van der Waals surface area contributed by atoms with Gasteiger partial charge in [-0.3, -0.25) is 4.79 Å². The van der Waals surface area contributed by atoms with Gasteiger partial charge in [0.2, 0.25) is 0 Å². The standard InChI is InChI=1S/C15H18N2OS/c1-9(2)7-10-3-5-11(6-4-10)12-8-19-15(17)13(12)14(16)18/h3-6,8-9H,7,17H2,1-2H3,(H2,16,18). The summed E-state index contributed by atoms with van der Waals surface area (Å²) < 4.78 is 0. The normalized spacial score (nSPS) is 10.9. The first-order chi connectivity index (χ1) is 8.99. The summed E-state index contributed by atoms with van der Waals surface area (Å²) in [5, 5.41) is 2.36. The minimum absolute atomic E-state index is 0.432. The van der Waals surface area contributed by atoms with Crippen molar-refractivity contribution in [3.63, 3.8) is 0 Å². The van der Waals surface area contributed by atoms with Gasteiger partial charge in [-0.25, -0.2) is 0 Å². The van der Waals surface area contributed by atoms with Crippen LogP contribution in [0.3, 0.4) is 0 Å². The predicted octanol–water partition coefficient (Wildman–Crippen LogP) is 3.29. The molecule has 0 aliphatic rings. The van der Waals surface area contributed by atoms with Crippen molar-refractivity contribution < 1.29 is 4.79 Å². The zero-order valence-corrected chi connectivity index (χ0v) is 12.0. The van der Waals surface area contributed by atoms with E-state index in [0.29, 0.717) is 16.5 Å². The van der Waals surface area contributed by atoms with Gasteiger partial charge in [-0.1, -0.05) is 38.1 Å². The predicted molar refractivity (Wildman–Crippen MR) is 81.2 cm³/mol. The van der Waals surface area contributed by atoms with E-state index in [-0.39, 0.29) is 0 Å². The van der Waals surface area contributed by atoms with Gasteiger partial charge in [-0.05, 0) is 23.5 Å². The molecule has 0 saturated heterocycles. The number of primary amides is 1. The Balaban J connectivity index is 2.35. The summed E-state index contributed by atoms with van der Waals surface area (Å²) in [4.78, 5) is 11.4. The molecule has 19 heavy (non-hydrogen) atoms. The van der Waals surface area contributed by atoms with E-state index in [4.69, 9.17) is 11.5 Å². The van der Waals surface area contributed by atoms with E-state index in [1.54, 1.807) is 0 Å². The van der Waals surface area contributed by atoms with Gasteiger partial charge in [-0.15, -0.1) is 11.3 Å². The van der Waals surface area contributed by atoms with Crippen LogP contribution in [0.25, 0.3) is 11.1 Å². The summed E-state index contributed by atoms with van der Waals surface area (Å²) in [5.41, 5.74) is 14.7. The largest absolute Gasteiger partial charge is 0.390 e. The second-order valence-corrected chi connectivity index (χ2v) is 5.96. The van der Waals surface area contributed by atoms with Gasteiger partial charge in [0.15, 0.2) is 0 Å². The number of nitrogen functional groups attached to an aromatic ring is 1. The average molecular weight is 274 g/mol. The van der Waals surface area contributed by atoms with Crippen molar-refractivity contribution in [2.45, 2.75) is 20.3 Å². The van der Waals surface area contributed by atoms with E-state index >= 15 is 0 Å². The molecular weight excluding hydrogens is 256 g/mol. The Morgan fingerprint density at radius 3 is 2.42 bits per heavy atom. The van der Waals surface area contributed by atoms with Crippen LogP contribution < -0.4 is 11.5 Å². The molecule has 0 unspecified atom stereocenters. The first-order valence-electron chi connectivity index (χ1n) is 6.25. The van der Waals surface area contributed by atoms with E-state index in [1.807, 2.05) is 17.5 Å². The third-order valence-electron chi connectivity index (χ3n) is 2.97. The van der Waals surface area contributed by atoms with Crippen molar-refractivity contribution in [1.29, 1.82) is 0 Å². The number of hydrogen-bond acceptors (Lipinski definition) is 3. The number of anilines is 1. The highest BCUT2D eigenvalue weighted by Crippen LogP contribution is 2.33. The number of benzene rings is 1. The average Bonchev–Trinajstić information content (AvgIpc) is 2.71. The molecule has 0 saturated carbocycles. The monoisotopic (exact) mass is 274 g/mol. The van der Waals surface area contributed by atoms with E-state index < -0.39 is 5.91 Å². The highest BCUT2D eigenvalue weighted by molar-refractivity contribution is 7.15. The number of nitrogens with two attached hydrogens (primary N) is 2. The number of carbonyl (C=O) groups excluding carboxylic acids is 1. The summed E-state index contributed by atoms with van der Waals surface area (Å²) in [7, 11) is 0. The number of hydrogen-bond donors (Lipinski definition) is 2. The summed E-state index contributed by atoms with van der Waals surface area (Å²) in [6.07, 6.45) is 1.05. The van der Waals surface area contributed by atoms with Crippen LogP contribution >= 0.6 is 11.3 Å². The molecule has 1 aromatic heterocycles. The van der Waals surface area contributed by atoms with E-state index in [0.717, 1.165) is 17.5 Å². The van der Waals surface area contributed by atoms with Crippen molar-refractivity contribution in [3.05, 3.63) is 40.8 Å². The molecule has 0 aliphatic heterocycles. The topological polar surface area (TPSA) is 69.1 Å². The first kappa shape index (κ1) is 13.6. The summed E-state index contributed by atoms with van der Waals surface area (Å²) >= 11 is 1.35. The van der Waals surface area contributed by atoms with Gasteiger partial charge >= 0.3 is 0 Å². The Labute approximate surface area is 117 Å². The van der Waals surface area contributed by atoms with Gasteiger partial charge in [0, 0.05) is 10.9 Å². The maximum Gasteiger partial charge on any atom is 0.252 e. The number of thiophene rings is 1. The minimum atomic E-state index is -0.472. The van der Waals surface area contributed by atoms with Crippen molar-refractivity contribution in [2.75, 3.05) is 5.73 Å². The van der Waals surface area contributed by atoms with Crippen molar-refractivity contribution in [2.24, 2.45) is 11.7 Å². The maximum atomic E-state index is 11.4. The minimum Gasteiger partial charge on any atom is -0.390 e. The van der Waals surface area contributed by atoms with Crippen molar-refractivity contribution in [1.82, 2.24) is 0 Å². The number of carbonyl (C=O) groups is 1. The summed E-state index contributed by atoms with van der Waals surface area (Å²) in [5.74, 6) is 0.156. The molecule has 0 atom stereocenters. The van der Waals surface area contributed by atoms with Crippen molar-refractivity contribution >= 4 is 22.2 Å². The van der Waals surface area contributed by atoms with Crippen LogP contribution in [-0.2, 0) is 6.42 Å². The number of rotatable bonds is 4. The zero-order chi connectivity index (χ0) is 14.0. The van der Waals surface area contributed by atoms with Gasteiger partial charge < -0.3 is 11.5 Å². The molecule has 2 aromatic rings. The van der Waals surface area contributed by atoms with Crippen LogP contribution in [-0.4, -0.2) is 5.91 Å². The number of amides is 1. The Kier molecular flexibility index (Phi) is 3.90. The van der Waals surface area contributed by atoms with E-state index in [1.165, 1.54) is 16.9 Å². The quantitative estimate of drug-likeness (QED) is 0.898. The molecule has 0 aliphatic carbocycles. The van der Waals surface area contributed by atoms with Crippen LogP contribution in [0.4, 0.5) is 5.00 Å². The highest BCUT2D eigenvalue weighted by Gasteiger charge is 2.15. The summed E-state index contributed by atoms with van der Waals surface area (Å²) in [6, 6.07) is 8.22. The zero-order valence-electron chi connectivity index (χ0n) is 11.1. The van der Waals surface area contributed by atoms with Crippen LogP contribution in [0.2, 0.25) is 0 Å². The van der Waals surface area contributed by atoms with Crippen LogP contribution in [0.15, 0.2) is 29.6 Å². The smallest absolute Gasteiger partial charge is 0.252 e. The van der Waals surface area contributed by atoms with E-state index in [9.17, 15) is 4.79 Å². The lowest BCUT2D eigenvalue weighted by molar-refractivity contribution is 0.100. The van der Waals surface area contributed by atoms with Gasteiger partial charge in [0.05, 0.1) is 10.6 Å². The molecule has 2 rings (SSSR count). The lowest BCUT2D eigenvalue weighted by Gasteiger charge is -2.07. The molecular formula is C15H18N2OS. The molecule has 4 N–H and O–H groups in total. The maximum absolute atomic E-state index is 11.4. The Bertz CT molecular complexity index is 585. The molecule has 1 heterocycles. The van der Waals surface area contributed by atoms with Crippen LogP contribution in [0, 0.1) is 5.92 Å².